The van der Waals surface area contributed by atoms with E-state index >= 15 is 0 Å². The SMILES string of the molecule is C.CN(C)P(=N[P+](C)(N(C)C)N(C)C)(N(C)C)N(C)C. The van der Waals surface area contributed by atoms with Crippen molar-refractivity contribution in [3.63, 3.8) is 0 Å². The highest BCUT2D eigenvalue weighted by molar-refractivity contribution is 7.76. The Morgan fingerprint density at radius 2 is 0.900 bits per heavy atom. The molecule has 0 aromatic carbocycles. The second-order valence-electron chi connectivity index (χ2n) is 5.73. The van der Waals surface area contributed by atoms with E-state index in [0.29, 0.717) is 0 Å². The average Bonchev–Trinajstić information content (AvgIpc) is 2.23. The van der Waals surface area contributed by atoms with Gasteiger partial charge in [-0.05, 0) is 42.3 Å². The van der Waals surface area contributed by atoms with Crippen molar-refractivity contribution < 1.29 is 0 Å². The molecule has 0 heterocycles. The monoisotopic (exact) mass is 327 g/mol. The van der Waals surface area contributed by atoms with Gasteiger partial charge in [0.1, 0.15) is 6.66 Å². The highest BCUT2D eigenvalue weighted by Crippen LogP contribution is 2.70. The van der Waals surface area contributed by atoms with Gasteiger partial charge in [-0.1, -0.05) is 11.9 Å². The lowest BCUT2D eigenvalue weighted by Crippen LogP contribution is -2.33. The molecule has 6 nitrogen and oxygen atoms in total. The maximum atomic E-state index is 5.39. The Morgan fingerprint density at radius 1 is 0.650 bits per heavy atom. The fraction of sp³-hybridized carbons (Fsp3) is 1.00. The molecule has 0 saturated carbocycles. The molecule has 124 valence electrons. The molecular weight excluding hydrogens is 290 g/mol. The fourth-order valence-corrected chi connectivity index (χ4v) is 9.94. The topological polar surface area (TPSA) is 28.6 Å². The molecule has 0 spiro atoms. The second kappa shape index (κ2) is 8.19. The van der Waals surface area contributed by atoms with E-state index in [1.54, 1.807) is 0 Å². The summed E-state index contributed by atoms with van der Waals surface area (Å²) in [6.07, 6.45) is 0. The molecule has 0 aromatic heterocycles. The molecule has 0 rings (SSSR count). The summed E-state index contributed by atoms with van der Waals surface area (Å²) in [5.74, 6) is 0. The number of hydrogen-bond donors (Lipinski definition) is 0. The Labute approximate surface area is 128 Å². The van der Waals surface area contributed by atoms with Crippen molar-refractivity contribution in [3.05, 3.63) is 0 Å². The van der Waals surface area contributed by atoms with Gasteiger partial charge in [-0.25, -0.2) is 14.0 Å². The van der Waals surface area contributed by atoms with E-state index in [1.165, 1.54) is 0 Å². The van der Waals surface area contributed by atoms with Gasteiger partial charge in [0, 0.05) is 28.2 Å². The van der Waals surface area contributed by atoms with Crippen LogP contribution in [0.2, 0.25) is 0 Å². The van der Waals surface area contributed by atoms with Gasteiger partial charge in [-0.15, -0.1) is 9.34 Å². The molecule has 0 aliphatic heterocycles. The zero-order valence-electron chi connectivity index (χ0n) is 14.6. The molecule has 0 aliphatic carbocycles. The smallest absolute Gasteiger partial charge is 0.249 e. The van der Waals surface area contributed by atoms with E-state index in [0.717, 1.165) is 0 Å². The summed E-state index contributed by atoms with van der Waals surface area (Å²) < 4.78 is 16.7. The largest absolute Gasteiger partial charge is 0.274 e. The molecule has 20 heavy (non-hydrogen) atoms. The first kappa shape index (κ1) is 22.7. The predicted octanol–water partition coefficient (Wildman–Crippen LogP) is 2.77. The van der Waals surface area contributed by atoms with Crippen molar-refractivity contribution in [2.45, 2.75) is 7.43 Å². The van der Waals surface area contributed by atoms with Crippen LogP contribution in [0.25, 0.3) is 0 Å². The summed E-state index contributed by atoms with van der Waals surface area (Å²) in [5.41, 5.74) is 0. The van der Waals surface area contributed by atoms with Crippen LogP contribution in [0.1, 0.15) is 7.43 Å². The third-order valence-electron chi connectivity index (χ3n) is 3.41. The van der Waals surface area contributed by atoms with E-state index in [-0.39, 0.29) is 7.43 Å². The molecule has 0 saturated heterocycles. The number of nitrogens with zero attached hydrogens (tertiary/aromatic N) is 6. The minimum atomic E-state index is -1.85. The maximum absolute atomic E-state index is 5.39. The summed E-state index contributed by atoms with van der Waals surface area (Å²) in [5, 5.41) is 0. The normalized spacial score (nSPS) is 13.6. The lowest BCUT2D eigenvalue weighted by molar-refractivity contribution is 0.472. The Balaban J connectivity index is 0. The van der Waals surface area contributed by atoms with Gasteiger partial charge in [0.2, 0.25) is 7.51 Å². The van der Waals surface area contributed by atoms with Crippen LogP contribution in [0.15, 0.2) is 4.52 Å². The number of rotatable bonds is 6. The van der Waals surface area contributed by atoms with Crippen molar-refractivity contribution in [3.8, 4) is 0 Å². The first-order valence-corrected chi connectivity index (χ1v) is 10.0. The van der Waals surface area contributed by atoms with E-state index in [2.05, 4.69) is 100 Å². The predicted molar refractivity (Wildman–Crippen MR) is 97.4 cm³/mol. The Bertz CT molecular complexity index is 302. The molecule has 0 radical (unpaired) electrons. The van der Waals surface area contributed by atoms with Gasteiger partial charge in [-0.3, -0.25) is 0 Å². The van der Waals surface area contributed by atoms with Crippen LogP contribution >= 0.6 is 15.2 Å². The van der Waals surface area contributed by atoms with E-state index in [4.69, 9.17) is 4.52 Å². The lowest BCUT2D eigenvalue weighted by atomic mass is 11.2. The van der Waals surface area contributed by atoms with Crippen LogP contribution in [-0.4, -0.2) is 100 Å². The summed E-state index contributed by atoms with van der Waals surface area (Å²) in [6.45, 7) is 2.26. The highest BCUT2D eigenvalue weighted by Gasteiger charge is 2.45. The fourth-order valence-electron chi connectivity index (χ4n) is 2.06. The molecule has 8 heteroatoms. The zero-order chi connectivity index (χ0) is 15.6. The zero-order valence-corrected chi connectivity index (χ0v) is 16.4. The molecule has 0 fully saturated rings. The molecule has 0 amide bonds. The van der Waals surface area contributed by atoms with E-state index in [1.807, 2.05) is 0 Å². The minimum absolute atomic E-state index is 0. The Kier molecular flexibility index (Phi) is 9.31. The molecule has 0 bridgehead atoms. The number of hydrogen-bond acceptors (Lipinski definition) is 3. The molecular formula is C12H37N6P2+. The summed E-state index contributed by atoms with van der Waals surface area (Å²) in [7, 11) is 17.6. The third kappa shape index (κ3) is 4.23. The van der Waals surface area contributed by atoms with Crippen molar-refractivity contribution in [1.29, 1.82) is 0 Å². The van der Waals surface area contributed by atoms with Crippen molar-refractivity contribution in [2.75, 3.05) is 77.1 Å². The Morgan fingerprint density at radius 3 is 1.05 bits per heavy atom. The van der Waals surface area contributed by atoms with Gasteiger partial charge in [0.05, 0.1) is 0 Å². The molecule has 0 aliphatic rings. The van der Waals surface area contributed by atoms with Crippen molar-refractivity contribution >= 4 is 15.2 Å². The lowest BCUT2D eigenvalue weighted by Gasteiger charge is -2.42. The van der Waals surface area contributed by atoms with Crippen LogP contribution in [0.5, 0.6) is 0 Å². The van der Waals surface area contributed by atoms with Crippen LogP contribution < -0.4 is 0 Å². The summed E-state index contributed by atoms with van der Waals surface area (Å²) in [6, 6.07) is 0. The van der Waals surface area contributed by atoms with E-state index < -0.39 is 15.2 Å². The van der Waals surface area contributed by atoms with Gasteiger partial charge in [0.15, 0.2) is 0 Å². The third-order valence-corrected chi connectivity index (χ3v) is 12.0. The summed E-state index contributed by atoms with van der Waals surface area (Å²) in [4.78, 5) is 0. The van der Waals surface area contributed by atoms with Gasteiger partial charge in [-0.2, -0.15) is 0 Å². The first-order valence-electron chi connectivity index (χ1n) is 6.32. The molecule has 0 atom stereocenters. The quantitative estimate of drug-likeness (QED) is 0.700. The molecule has 0 aromatic rings. The van der Waals surface area contributed by atoms with Crippen LogP contribution in [0.4, 0.5) is 0 Å². The van der Waals surface area contributed by atoms with Crippen molar-refractivity contribution in [2.24, 2.45) is 4.52 Å². The van der Waals surface area contributed by atoms with Crippen LogP contribution in [0, 0.1) is 0 Å². The van der Waals surface area contributed by atoms with Gasteiger partial charge in [0.25, 0.3) is 7.71 Å². The standard InChI is InChI=1S/C11H33N6P2.CH4/c1-13(2)18(11,14(3)4)12-19(15(5)6,16(7)8)17(9)10;/h1-11H3;1H4/q+1;. The average molecular weight is 327 g/mol. The minimum Gasteiger partial charge on any atom is -0.249 e. The second-order valence-corrected chi connectivity index (χ2v) is 13.3. The van der Waals surface area contributed by atoms with E-state index in [9.17, 15) is 0 Å². The maximum Gasteiger partial charge on any atom is 0.274 e. The van der Waals surface area contributed by atoms with Crippen LogP contribution in [-0.2, 0) is 0 Å². The molecule has 0 N–H and O–H groups in total. The Hall–Kier alpha value is 0.460. The van der Waals surface area contributed by atoms with Crippen molar-refractivity contribution in [1.82, 2.24) is 23.4 Å². The first-order chi connectivity index (χ1) is 8.42. The summed E-state index contributed by atoms with van der Waals surface area (Å²) >= 11 is 0. The molecule has 0 unspecified atom stereocenters. The van der Waals surface area contributed by atoms with Crippen LogP contribution in [0.3, 0.4) is 0 Å². The van der Waals surface area contributed by atoms with Gasteiger partial charge < -0.3 is 0 Å². The highest BCUT2D eigenvalue weighted by atomic mass is 31.2. The van der Waals surface area contributed by atoms with Gasteiger partial charge >= 0.3 is 0 Å².